The Balaban J connectivity index is 1.41. The third kappa shape index (κ3) is 3.43. The normalized spacial score (nSPS) is 12.5. The number of aryl methyl sites for hydroxylation is 1. The van der Waals surface area contributed by atoms with Gasteiger partial charge in [0.2, 0.25) is 6.79 Å². The van der Waals surface area contributed by atoms with Crippen LogP contribution in [0.2, 0.25) is 0 Å². The number of hydrogen-bond acceptors (Lipinski definition) is 7. The van der Waals surface area contributed by atoms with Gasteiger partial charge in [-0.15, -0.1) is 5.10 Å². The molecule has 0 fully saturated rings. The summed E-state index contributed by atoms with van der Waals surface area (Å²) >= 11 is 0. The maximum absolute atomic E-state index is 13.4. The number of aromatic nitrogens is 4. The molecule has 0 spiro atoms. The van der Waals surface area contributed by atoms with Gasteiger partial charge in [0.25, 0.3) is 5.91 Å². The van der Waals surface area contributed by atoms with Crippen LogP contribution in [-0.2, 0) is 13.1 Å². The highest BCUT2D eigenvalue weighted by Gasteiger charge is 2.23. The standard InChI is InChI=1S/C24H19N5O4/c1-15-4-6-19-17(9-15)11-18(23-25-26-27-29(19)23)13-28(24(30)21-3-2-8-31-21)12-16-5-7-20-22(10-16)33-14-32-20/h2-11H,12-14H2,1H3. The van der Waals surface area contributed by atoms with Gasteiger partial charge in [-0.25, -0.2) is 0 Å². The van der Waals surface area contributed by atoms with Gasteiger partial charge in [-0.2, -0.15) is 4.52 Å². The molecule has 1 aliphatic rings. The maximum atomic E-state index is 13.4. The molecule has 6 rings (SSSR count). The maximum Gasteiger partial charge on any atom is 0.290 e. The summed E-state index contributed by atoms with van der Waals surface area (Å²) in [5, 5.41) is 13.3. The van der Waals surface area contributed by atoms with Crippen LogP contribution < -0.4 is 9.47 Å². The number of fused-ring (bicyclic) bond motifs is 4. The molecule has 0 bridgehead atoms. The lowest BCUT2D eigenvalue weighted by atomic mass is 10.1. The number of carbonyl (C=O) groups excluding carboxylic acids is 1. The van der Waals surface area contributed by atoms with Crippen molar-refractivity contribution in [2.24, 2.45) is 0 Å². The zero-order valence-electron chi connectivity index (χ0n) is 17.8. The van der Waals surface area contributed by atoms with Gasteiger partial charge >= 0.3 is 0 Å². The van der Waals surface area contributed by atoms with Gasteiger partial charge in [-0.3, -0.25) is 4.79 Å². The molecular formula is C24H19N5O4. The van der Waals surface area contributed by atoms with Crippen molar-refractivity contribution < 1.29 is 18.7 Å². The molecule has 0 saturated carbocycles. The highest BCUT2D eigenvalue weighted by Crippen LogP contribution is 2.33. The molecule has 3 aromatic heterocycles. The number of tetrazole rings is 1. The molecular weight excluding hydrogens is 422 g/mol. The summed E-state index contributed by atoms with van der Waals surface area (Å²) in [6.07, 6.45) is 1.49. The molecule has 164 valence electrons. The summed E-state index contributed by atoms with van der Waals surface area (Å²) in [6.45, 7) is 2.87. The van der Waals surface area contributed by atoms with Gasteiger partial charge in [0.15, 0.2) is 22.9 Å². The van der Waals surface area contributed by atoms with Gasteiger partial charge < -0.3 is 18.8 Å². The topological polar surface area (TPSA) is 95.0 Å². The quantitative estimate of drug-likeness (QED) is 0.410. The fraction of sp³-hybridized carbons (Fsp3) is 0.167. The van der Waals surface area contributed by atoms with Gasteiger partial charge in [0.1, 0.15) is 0 Å². The van der Waals surface area contributed by atoms with Crippen molar-refractivity contribution in [1.29, 1.82) is 0 Å². The van der Waals surface area contributed by atoms with Crippen molar-refractivity contribution in [2.45, 2.75) is 20.0 Å². The van der Waals surface area contributed by atoms with E-state index in [1.54, 1.807) is 21.5 Å². The van der Waals surface area contributed by atoms with E-state index in [1.807, 2.05) is 43.3 Å². The zero-order chi connectivity index (χ0) is 22.4. The second-order valence-electron chi connectivity index (χ2n) is 7.97. The number of carbonyl (C=O) groups is 1. The summed E-state index contributed by atoms with van der Waals surface area (Å²) in [6, 6.07) is 17.2. The van der Waals surface area contributed by atoms with E-state index in [-0.39, 0.29) is 18.5 Å². The van der Waals surface area contributed by atoms with Crippen molar-refractivity contribution in [3.63, 3.8) is 0 Å². The molecule has 0 unspecified atom stereocenters. The Labute approximate surface area is 188 Å². The largest absolute Gasteiger partial charge is 0.459 e. The first-order chi connectivity index (χ1) is 16.2. The van der Waals surface area contributed by atoms with Gasteiger partial charge in [0, 0.05) is 17.5 Å². The Bertz CT molecular complexity index is 1490. The van der Waals surface area contributed by atoms with E-state index in [9.17, 15) is 4.79 Å². The Kier molecular flexibility index (Phi) is 4.46. The monoisotopic (exact) mass is 441 g/mol. The molecule has 1 aliphatic heterocycles. The molecule has 5 aromatic rings. The van der Waals surface area contributed by atoms with E-state index in [4.69, 9.17) is 13.9 Å². The molecule has 0 N–H and O–H groups in total. The molecule has 0 saturated heterocycles. The summed E-state index contributed by atoms with van der Waals surface area (Å²) in [5.41, 5.74) is 4.38. The Morgan fingerprint density at radius 1 is 1.06 bits per heavy atom. The van der Waals surface area contributed by atoms with Crippen LogP contribution in [0.15, 0.2) is 65.3 Å². The molecule has 9 heteroatoms. The van der Waals surface area contributed by atoms with Crippen molar-refractivity contribution in [3.05, 3.63) is 83.3 Å². The average molecular weight is 441 g/mol. The van der Waals surface area contributed by atoms with Crippen LogP contribution in [0.1, 0.15) is 27.2 Å². The highest BCUT2D eigenvalue weighted by atomic mass is 16.7. The highest BCUT2D eigenvalue weighted by molar-refractivity contribution is 5.91. The first kappa shape index (κ1) is 19.3. The van der Waals surface area contributed by atoms with Crippen LogP contribution in [0.3, 0.4) is 0 Å². The van der Waals surface area contributed by atoms with E-state index in [2.05, 4.69) is 21.6 Å². The van der Waals surface area contributed by atoms with Crippen molar-refractivity contribution >= 4 is 22.5 Å². The second-order valence-corrected chi connectivity index (χ2v) is 7.97. The molecule has 4 heterocycles. The van der Waals surface area contributed by atoms with Crippen LogP contribution >= 0.6 is 0 Å². The lowest BCUT2D eigenvalue weighted by Crippen LogP contribution is -2.30. The minimum atomic E-state index is -0.229. The number of hydrogen-bond donors (Lipinski definition) is 0. The first-order valence-corrected chi connectivity index (χ1v) is 10.5. The summed E-state index contributed by atoms with van der Waals surface area (Å²) in [4.78, 5) is 15.1. The summed E-state index contributed by atoms with van der Waals surface area (Å²) in [7, 11) is 0. The van der Waals surface area contributed by atoms with E-state index in [0.29, 0.717) is 30.2 Å². The summed E-state index contributed by atoms with van der Waals surface area (Å²) < 4.78 is 18.0. The van der Waals surface area contributed by atoms with Crippen LogP contribution in [0.25, 0.3) is 16.6 Å². The second kappa shape index (κ2) is 7.63. The Hall–Kier alpha value is -4.40. The van der Waals surface area contributed by atoms with E-state index in [0.717, 1.165) is 27.6 Å². The lowest BCUT2D eigenvalue weighted by molar-refractivity contribution is 0.0698. The zero-order valence-corrected chi connectivity index (χ0v) is 17.8. The smallest absolute Gasteiger partial charge is 0.290 e. The third-order valence-electron chi connectivity index (χ3n) is 5.69. The number of ether oxygens (including phenoxy) is 2. The number of pyridine rings is 1. The van der Waals surface area contributed by atoms with Crippen molar-refractivity contribution in [2.75, 3.05) is 6.79 Å². The van der Waals surface area contributed by atoms with Gasteiger partial charge in [-0.05, 0) is 65.4 Å². The number of amides is 1. The van der Waals surface area contributed by atoms with E-state index in [1.165, 1.54) is 6.26 Å². The molecule has 2 aromatic carbocycles. The van der Waals surface area contributed by atoms with E-state index >= 15 is 0 Å². The molecule has 33 heavy (non-hydrogen) atoms. The van der Waals surface area contributed by atoms with Crippen LogP contribution in [0.5, 0.6) is 11.5 Å². The lowest BCUT2D eigenvalue weighted by Gasteiger charge is -2.22. The van der Waals surface area contributed by atoms with Crippen molar-refractivity contribution in [1.82, 2.24) is 24.9 Å². The predicted molar refractivity (Wildman–Crippen MR) is 118 cm³/mol. The number of nitrogens with zero attached hydrogens (tertiary/aromatic N) is 5. The minimum Gasteiger partial charge on any atom is -0.459 e. The average Bonchev–Trinajstić information content (AvgIpc) is 3.59. The minimum absolute atomic E-state index is 0.197. The third-order valence-corrected chi connectivity index (χ3v) is 5.69. The Morgan fingerprint density at radius 2 is 1.97 bits per heavy atom. The molecule has 0 radical (unpaired) electrons. The first-order valence-electron chi connectivity index (χ1n) is 10.5. The molecule has 0 aliphatic carbocycles. The van der Waals surface area contributed by atoms with Gasteiger partial charge in [0.05, 0.1) is 18.3 Å². The Morgan fingerprint density at radius 3 is 2.85 bits per heavy atom. The number of benzene rings is 2. The number of rotatable bonds is 5. The molecule has 9 nitrogen and oxygen atoms in total. The van der Waals surface area contributed by atoms with Crippen molar-refractivity contribution in [3.8, 4) is 11.5 Å². The van der Waals surface area contributed by atoms with Crippen LogP contribution in [0, 0.1) is 6.92 Å². The molecule has 1 amide bonds. The molecule has 0 atom stereocenters. The van der Waals surface area contributed by atoms with Crippen LogP contribution in [-0.4, -0.2) is 37.6 Å². The fourth-order valence-electron chi connectivity index (χ4n) is 4.12. The van der Waals surface area contributed by atoms with Crippen LogP contribution in [0.4, 0.5) is 0 Å². The predicted octanol–water partition coefficient (Wildman–Crippen LogP) is 3.75. The SMILES string of the molecule is Cc1ccc2c(c1)cc(CN(Cc1ccc3c(c1)OCO3)C(=O)c1ccco1)c1nnnn12. The van der Waals surface area contributed by atoms with Gasteiger partial charge in [-0.1, -0.05) is 17.7 Å². The summed E-state index contributed by atoms with van der Waals surface area (Å²) in [5.74, 6) is 1.41. The van der Waals surface area contributed by atoms with E-state index < -0.39 is 0 Å². The fourth-order valence-corrected chi connectivity index (χ4v) is 4.12. The number of furan rings is 1.